The van der Waals surface area contributed by atoms with Crippen molar-refractivity contribution in [2.45, 2.75) is 58.1 Å². The lowest BCUT2D eigenvalue weighted by molar-refractivity contribution is -0.133. The molecule has 0 aliphatic carbocycles. The van der Waals surface area contributed by atoms with Gasteiger partial charge in [-0.1, -0.05) is 36.4 Å². The topological polar surface area (TPSA) is 133 Å². The number of rotatable bonds is 11. The van der Waals surface area contributed by atoms with E-state index in [0.29, 0.717) is 24.5 Å². The lowest BCUT2D eigenvalue weighted by atomic mass is 9.80. The number of hydrogen-bond donors (Lipinski definition) is 3. The molecule has 10 heteroatoms. The second-order valence-electron chi connectivity index (χ2n) is 11.2. The van der Waals surface area contributed by atoms with Gasteiger partial charge in [0.2, 0.25) is 5.91 Å². The number of fused-ring (bicyclic) bond motifs is 1. The van der Waals surface area contributed by atoms with Crippen LogP contribution in [-0.4, -0.2) is 44.5 Å². The van der Waals surface area contributed by atoms with Crippen LogP contribution in [0.3, 0.4) is 0 Å². The van der Waals surface area contributed by atoms with Crippen molar-refractivity contribution in [1.29, 1.82) is 0 Å². The number of pyridine rings is 1. The first-order valence-electron chi connectivity index (χ1n) is 14.2. The third kappa shape index (κ3) is 7.70. The summed E-state index contributed by atoms with van der Waals surface area (Å²) < 4.78 is 22.0. The van der Waals surface area contributed by atoms with Crippen molar-refractivity contribution in [3.05, 3.63) is 101 Å². The van der Waals surface area contributed by atoms with E-state index in [0.717, 1.165) is 46.5 Å². The number of hydrazine groups is 1. The van der Waals surface area contributed by atoms with Crippen molar-refractivity contribution < 1.29 is 14.1 Å². The molecule has 9 nitrogen and oxygen atoms in total. The Morgan fingerprint density at radius 3 is 2.79 bits per heavy atom. The molecule has 1 aromatic heterocycles. The van der Waals surface area contributed by atoms with Gasteiger partial charge in [0.1, 0.15) is 0 Å². The molecule has 224 valence electrons. The minimum Gasteiger partial charge on any atom is -0.593 e. The zero-order valence-corrected chi connectivity index (χ0v) is 25.7. The molecule has 0 bridgehead atoms. The smallest absolute Gasteiger partial charge is 0.233 e. The Kier molecular flexibility index (Phi) is 10.6. The highest BCUT2D eigenvalue weighted by Gasteiger charge is 2.39. The molecule has 1 aliphatic heterocycles. The summed E-state index contributed by atoms with van der Waals surface area (Å²) in [6.45, 7) is 9.57. The number of ether oxygens (including phenoxy) is 1. The second-order valence-corrected chi connectivity index (χ2v) is 12.6. The van der Waals surface area contributed by atoms with Gasteiger partial charge in [-0.05, 0) is 75.4 Å². The predicted octanol–water partition coefficient (Wildman–Crippen LogP) is 4.58. The summed E-state index contributed by atoms with van der Waals surface area (Å²) in [5.74, 6) is 5.69. The molecule has 0 saturated heterocycles. The van der Waals surface area contributed by atoms with Crippen molar-refractivity contribution in [2.75, 3.05) is 25.0 Å². The Bertz CT molecular complexity index is 1380. The molecular formula is C32H42N6O3S. The predicted molar refractivity (Wildman–Crippen MR) is 167 cm³/mol. The van der Waals surface area contributed by atoms with Gasteiger partial charge in [0.05, 0.1) is 53.6 Å². The van der Waals surface area contributed by atoms with Gasteiger partial charge < -0.3 is 25.3 Å². The number of carbonyl (C=O) groups excluding carboxylic acids is 1. The van der Waals surface area contributed by atoms with E-state index in [1.807, 2.05) is 62.3 Å². The lowest BCUT2D eigenvalue weighted by Gasteiger charge is -2.34. The monoisotopic (exact) mass is 590 g/mol. The largest absolute Gasteiger partial charge is 0.593 e. The number of nitrogens with two attached hydrogens (primary N) is 2. The summed E-state index contributed by atoms with van der Waals surface area (Å²) in [4.78, 5) is 18.6. The Morgan fingerprint density at radius 2 is 2.05 bits per heavy atom. The molecule has 2 unspecified atom stereocenters. The molecule has 1 amide bonds. The molecule has 4 rings (SSSR count). The first kappa shape index (κ1) is 31.5. The average molecular weight is 591 g/mol. The Balaban J connectivity index is 1.64. The number of carbonyl (C=O) groups is 1. The van der Waals surface area contributed by atoms with Crippen LogP contribution in [0.4, 0.5) is 5.69 Å². The van der Waals surface area contributed by atoms with Crippen LogP contribution in [0.25, 0.3) is 0 Å². The molecule has 1 aliphatic rings. The van der Waals surface area contributed by atoms with E-state index in [1.165, 1.54) is 5.01 Å². The van der Waals surface area contributed by atoms with Gasteiger partial charge in [-0.3, -0.25) is 9.78 Å². The van der Waals surface area contributed by atoms with Crippen LogP contribution < -0.4 is 16.9 Å². The highest BCUT2D eigenvalue weighted by molar-refractivity contribution is 7.89. The summed E-state index contributed by atoms with van der Waals surface area (Å²) in [5.41, 5.74) is 10.3. The van der Waals surface area contributed by atoms with E-state index >= 15 is 0 Å². The third-order valence-corrected chi connectivity index (χ3v) is 9.10. The second kappa shape index (κ2) is 14.2. The zero-order valence-electron chi connectivity index (χ0n) is 24.9. The van der Waals surface area contributed by atoms with E-state index in [1.54, 1.807) is 30.7 Å². The first-order chi connectivity index (χ1) is 20.1. The lowest BCUT2D eigenvalue weighted by Crippen LogP contribution is -2.38. The first-order valence-corrected chi connectivity index (χ1v) is 15.4. The van der Waals surface area contributed by atoms with E-state index < -0.39 is 22.9 Å². The number of amides is 1. The number of hydrogen-bond acceptors (Lipinski definition) is 8. The van der Waals surface area contributed by atoms with Gasteiger partial charge >= 0.3 is 0 Å². The van der Waals surface area contributed by atoms with E-state index in [4.69, 9.17) is 16.3 Å². The maximum Gasteiger partial charge on any atom is 0.233 e. The fraction of sp³-hybridized carbons (Fsp3) is 0.375. The third-order valence-electron chi connectivity index (χ3n) is 7.55. The normalized spacial score (nSPS) is 16.8. The van der Waals surface area contributed by atoms with Gasteiger partial charge in [-0.25, -0.2) is 5.84 Å². The average Bonchev–Trinajstić information content (AvgIpc) is 3.13. The van der Waals surface area contributed by atoms with E-state index in [2.05, 4.69) is 22.4 Å². The molecular weight excluding hydrogens is 548 g/mol. The summed E-state index contributed by atoms with van der Waals surface area (Å²) in [6.07, 6.45) is 6.07. The minimum absolute atomic E-state index is 0.0815. The van der Waals surface area contributed by atoms with Gasteiger partial charge in [0.25, 0.3) is 0 Å². The molecule has 5 N–H and O–H groups in total. The number of benzene rings is 2. The summed E-state index contributed by atoms with van der Waals surface area (Å²) in [5, 5.41) is 4.45. The molecule has 0 fully saturated rings. The van der Waals surface area contributed by atoms with Gasteiger partial charge in [-0.15, -0.1) is 4.31 Å². The molecule has 0 saturated carbocycles. The van der Waals surface area contributed by atoms with Gasteiger partial charge in [0, 0.05) is 31.0 Å². The van der Waals surface area contributed by atoms with Crippen molar-refractivity contribution in [1.82, 2.24) is 14.3 Å². The zero-order chi connectivity index (χ0) is 30.3. The van der Waals surface area contributed by atoms with Crippen LogP contribution in [0.1, 0.15) is 55.5 Å². The fourth-order valence-electron chi connectivity index (χ4n) is 4.99. The number of nitrogens with one attached hydrogen (secondary N) is 1. The van der Waals surface area contributed by atoms with Crippen LogP contribution in [0.5, 0.6) is 0 Å². The van der Waals surface area contributed by atoms with Crippen molar-refractivity contribution in [2.24, 2.45) is 17.0 Å². The number of nitrogens with zero attached hydrogens (tertiary/aromatic N) is 3. The number of anilines is 1. The Morgan fingerprint density at radius 1 is 1.26 bits per heavy atom. The molecule has 0 spiro atoms. The minimum atomic E-state index is -1.27. The number of aryl methyl sites for hydroxylation is 2. The molecule has 0 radical (unpaired) electrons. The summed E-state index contributed by atoms with van der Waals surface area (Å²) in [6, 6.07) is 17.6. The highest BCUT2D eigenvalue weighted by atomic mass is 32.2. The van der Waals surface area contributed by atoms with Crippen LogP contribution in [0, 0.1) is 12.3 Å². The van der Waals surface area contributed by atoms with Crippen molar-refractivity contribution >= 4 is 23.0 Å². The molecule has 42 heavy (non-hydrogen) atoms. The van der Waals surface area contributed by atoms with Gasteiger partial charge in [-0.2, -0.15) is 0 Å². The maximum atomic E-state index is 13.6. The molecule has 3 aromatic rings. The fourth-order valence-corrected chi connectivity index (χ4v) is 6.41. The van der Waals surface area contributed by atoms with Gasteiger partial charge in [0.15, 0.2) is 4.90 Å². The van der Waals surface area contributed by atoms with E-state index in [-0.39, 0.29) is 12.5 Å². The highest BCUT2D eigenvalue weighted by Crippen LogP contribution is 2.39. The van der Waals surface area contributed by atoms with Crippen molar-refractivity contribution in [3.63, 3.8) is 0 Å². The SMILES string of the molecule is CCN(N)/C=C(\N)COC(c1ccc(C)c(CN2CCCc3ccccc3[S+]2[O-])c1)C(C)(C)C(=O)Nc1cccnc1. The van der Waals surface area contributed by atoms with Crippen LogP contribution in [0.15, 0.2) is 83.8 Å². The Labute approximate surface area is 252 Å². The maximum absolute atomic E-state index is 13.6. The Hall–Kier alpha value is -3.41. The number of aromatic nitrogens is 1. The molecule has 2 heterocycles. The molecule has 2 aromatic carbocycles. The summed E-state index contributed by atoms with van der Waals surface area (Å²) >= 11 is -1.27. The molecule has 2 atom stereocenters. The standard InChI is InChI=1S/C32H42N6O3S/c1-5-37(34)21-27(33)22-41-30(32(3,4)31(39)36-28-12-8-16-35-19-28)25-15-14-23(2)26(18-25)20-38-17-9-11-24-10-6-7-13-29(24)42(38)40/h6-8,10,12-16,18-19,21,30H,5,9,11,17,20,22,33-34H2,1-4H3,(H,36,39)/b27-21-. The quantitative estimate of drug-likeness (QED) is 0.168. The van der Waals surface area contributed by atoms with Crippen LogP contribution in [-0.2, 0) is 33.9 Å². The summed E-state index contributed by atoms with van der Waals surface area (Å²) in [7, 11) is 0. The van der Waals surface area contributed by atoms with E-state index in [9.17, 15) is 9.35 Å². The van der Waals surface area contributed by atoms with Crippen LogP contribution >= 0.6 is 0 Å². The van der Waals surface area contributed by atoms with Crippen LogP contribution in [0.2, 0.25) is 0 Å². The van der Waals surface area contributed by atoms with Crippen molar-refractivity contribution in [3.8, 4) is 0 Å².